The number of hydrogen-bond donors (Lipinski definition) is 0. The minimum Gasteiger partial charge on any atom is -0.495 e. The molecule has 1 fully saturated rings. The largest absolute Gasteiger partial charge is 0.495 e. The molecule has 0 atom stereocenters. The van der Waals surface area contributed by atoms with Crippen LogP contribution < -0.4 is 4.74 Å². The molecule has 0 unspecified atom stereocenters. The first kappa shape index (κ1) is 16.1. The summed E-state index contributed by atoms with van der Waals surface area (Å²) in [6.45, 7) is 2.85. The van der Waals surface area contributed by atoms with Crippen LogP contribution in [-0.2, 0) is 14.8 Å². The van der Waals surface area contributed by atoms with Gasteiger partial charge in [0, 0.05) is 39.2 Å². The van der Waals surface area contributed by atoms with Crippen molar-refractivity contribution < 1.29 is 17.9 Å². The van der Waals surface area contributed by atoms with Gasteiger partial charge in [-0.15, -0.1) is 0 Å². The Morgan fingerprint density at radius 2 is 1.86 bits per heavy atom. The van der Waals surface area contributed by atoms with Crippen LogP contribution in [0.2, 0.25) is 5.02 Å². The minimum atomic E-state index is -3.60. The first-order chi connectivity index (χ1) is 9.86. The molecule has 2 rings (SSSR count). The maximum absolute atomic E-state index is 12.6. The molecular formula is C13H17ClN2O4S. The third-order valence-corrected chi connectivity index (χ3v) is 5.65. The van der Waals surface area contributed by atoms with Crippen LogP contribution in [0, 0.1) is 0 Å². The zero-order chi connectivity index (χ0) is 15.6. The topological polar surface area (TPSA) is 66.9 Å². The molecule has 1 amide bonds. The van der Waals surface area contributed by atoms with Gasteiger partial charge >= 0.3 is 0 Å². The molecule has 1 heterocycles. The zero-order valence-corrected chi connectivity index (χ0v) is 13.4. The highest BCUT2D eigenvalue weighted by Gasteiger charge is 2.29. The molecule has 1 aliphatic rings. The predicted octanol–water partition coefficient (Wildman–Crippen LogP) is 1.20. The quantitative estimate of drug-likeness (QED) is 0.834. The van der Waals surface area contributed by atoms with E-state index < -0.39 is 10.0 Å². The SMILES string of the molecule is COc1cc(S(=O)(=O)N2CCN(C(C)=O)CC2)ccc1Cl. The lowest BCUT2D eigenvalue weighted by Gasteiger charge is -2.33. The summed E-state index contributed by atoms with van der Waals surface area (Å²) in [7, 11) is -2.17. The van der Waals surface area contributed by atoms with E-state index in [1.165, 1.54) is 36.5 Å². The Hall–Kier alpha value is -1.31. The lowest BCUT2D eigenvalue weighted by atomic mass is 10.3. The van der Waals surface area contributed by atoms with Crippen LogP contribution in [0.4, 0.5) is 0 Å². The van der Waals surface area contributed by atoms with Gasteiger partial charge in [-0.2, -0.15) is 4.31 Å². The molecule has 1 aliphatic heterocycles. The van der Waals surface area contributed by atoms with E-state index in [0.717, 1.165) is 0 Å². The summed E-state index contributed by atoms with van der Waals surface area (Å²) < 4.78 is 31.6. The molecule has 1 aromatic rings. The van der Waals surface area contributed by atoms with Gasteiger partial charge in [0.05, 0.1) is 17.0 Å². The number of rotatable bonds is 3. The first-order valence-electron chi connectivity index (χ1n) is 6.45. The highest BCUT2D eigenvalue weighted by Crippen LogP contribution is 2.28. The summed E-state index contributed by atoms with van der Waals surface area (Å²) in [5.74, 6) is 0.278. The number of carbonyl (C=O) groups excluding carboxylic acids is 1. The molecule has 0 aromatic heterocycles. The van der Waals surface area contributed by atoms with E-state index >= 15 is 0 Å². The first-order valence-corrected chi connectivity index (χ1v) is 8.27. The van der Waals surface area contributed by atoms with Crippen LogP contribution in [0.1, 0.15) is 6.92 Å². The molecule has 1 aromatic carbocycles. The van der Waals surface area contributed by atoms with Crippen molar-refractivity contribution in [3.63, 3.8) is 0 Å². The van der Waals surface area contributed by atoms with Crippen molar-refractivity contribution in [3.8, 4) is 5.75 Å². The standard InChI is InChI=1S/C13H17ClN2O4S/c1-10(17)15-5-7-16(8-6-15)21(18,19)11-3-4-12(14)13(9-11)20-2/h3-4,9H,5-8H2,1-2H3. The number of carbonyl (C=O) groups is 1. The van der Waals surface area contributed by atoms with Gasteiger partial charge in [0.1, 0.15) is 5.75 Å². The molecule has 21 heavy (non-hydrogen) atoms. The number of benzene rings is 1. The normalized spacial score (nSPS) is 16.8. The smallest absolute Gasteiger partial charge is 0.243 e. The van der Waals surface area contributed by atoms with E-state index in [0.29, 0.717) is 23.9 Å². The van der Waals surface area contributed by atoms with Crippen molar-refractivity contribution in [2.45, 2.75) is 11.8 Å². The van der Waals surface area contributed by atoms with Gasteiger partial charge in [-0.3, -0.25) is 4.79 Å². The molecule has 0 N–H and O–H groups in total. The zero-order valence-electron chi connectivity index (χ0n) is 11.9. The number of piperazine rings is 1. The van der Waals surface area contributed by atoms with E-state index in [1.807, 2.05) is 0 Å². The fourth-order valence-corrected chi connectivity index (χ4v) is 3.83. The molecule has 0 radical (unpaired) electrons. The lowest BCUT2D eigenvalue weighted by molar-refractivity contribution is -0.129. The summed E-state index contributed by atoms with van der Waals surface area (Å²) in [5, 5.41) is 0.359. The highest BCUT2D eigenvalue weighted by atomic mass is 35.5. The number of sulfonamides is 1. The molecule has 8 heteroatoms. The van der Waals surface area contributed by atoms with Crippen molar-refractivity contribution in [1.29, 1.82) is 0 Å². The van der Waals surface area contributed by atoms with Crippen molar-refractivity contribution in [2.75, 3.05) is 33.3 Å². The Kier molecular flexibility index (Phi) is 4.75. The van der Waals surface area contributed by atoms with Gasteiger partial charge in [0.2, 0.25) is 15.9 Å². The summed E-state index contributed by atoms with van der Waals surface area (Å²) in [6, 6.07) is 4.37. The van der Waals surface area contributed by atoms with Crippen molar-refractivity contribution >= 4 is 27.5 Å². The van der Waals surface area contributed by atoms with E-state index in [2.05, 4.69) is 0 Å². The van der Waals surface area contributed by atoms with Gasteiger partial charge in [-0.1, -0.05) is 11.6 Å². The highest BCUT2D eigenvalue weighted by molar-refractivity contribution is 7.89. The molecule has 6 nitrogen and oxygen atoms in total. The Bertz CT molecular complexity index is 640. The third kappa shape index (κ3) is 3.30. The molecule has 0 bridgehead atoms. The van der Waals surface area contributed by atoms with E-state index in [1.54, 1.807) is 4.90 Å². The van der Waals surface area contributed by atoms with E-state index in [4.69, 9.17) is 16.3 Å². The number of ether oxygens (including phenoxy) is 1. The van der Waals surface area contributed by atoms with Gasteiger partial charge in [-0.05, 0) is 12.1 Å². The summed E-state index contributed by atoms with van der Waals surface area (Å²) in [6.07, 6.45) is 0. The second-order valence-corrected chi connectivity index (χ2v) is 7.05. The average Bonchev–Trinajstić information content (AvgIpc) is 2.47. The summed E-state index contributed by atoms with van der Waals surface area (Å²) in [4.78, 5) is 13.0. The molecule has 0 aliphatic carbocycles. The van der Waals surface area contributed by atoms with Gasteiger partial charge in [0.15, 0.2) is 0 Å². The average molecular weight is 333 g/mol. The summed E-state index contributed by atoms with van der Waals surface area (Å²) >= 11 is 5.91. The van der Waals surface area contributed by atoms with Crippen LogP contribution in [0.5, 0.6) is 5.75 Å². The van der Waals surface area contributed by atoms with Crippen molar-refractivity contribution in [3.05, 3.63) is 23.2 Å². The lowest BCUT2D eigenvalue weighted by Crippen LogP contribution is -2.49. The second kappa shape index (κ2) is 6.21. The Morgan fingerprint density at radius 1 is 1.24 bits per heavy atom. The monoisotopic (exact) mass is 332 g/mol. The fraction of sp³-hybridized carbons (Fsp3) is 0.462. The van der Waals surface area contributed by atoms with Crippen LogP contribution in [0.3, 0.4) is 0 Å². The minimum absolute atomic E-state index is 0.0415. The molecule has 116 valence electrons. The van der Waals surface area contributed by atoms with Crippen molar-refractivity contribution in [2.24, 2.45) is 0 Å². The molecular weight excluding hydrogens is 316 g/mol. The Balaban J connectivity index is 2.21. The number of methoxy groups -OCH3 is 1. The number of amides is 1. The van der Waals surface area contributed by atoms with Gasteiger partial charge in [0.25, 0.3) is 0 Å². The van der Waals surface area contributed by atoms with Crippen LogP contribution >= 0.6 is 11.6 Å². The fourth-order valence-electron chi connectivity index (χ4n) is 2.19. The van der Waals surface area contributed by atoms with Gasteiger partial charge < -0.3 is 9.64 Å². The number of hydrogen-bond acceptors (Lipinski definition) is 4. The van der Waals surface area contributed by atoms with Crippen LogP contribution in [0.25, 0.3) is 0 Å². The molecule has 1 saturated heterocycles. The predicted molar refractivity (Wildman–Crippen MR) is 79.0 cm³/mol. The van der Waals surface area contributed by atoms with E-state index in [9.17, 15) is 13.2 Å². The van der Waals surface area contributed by atoms with Crippen LogP contribution in [0.15, 0.2) is 23.1 Å². The Morgan fingerprint density at radius 3 is 2.38 bits per heavy atom. The van der Waals surface area contributed by atoms with E-state index in [-0.39, 0.29) is 23.9 Å². The van der Waals surface area contributed by atoms with Gasteiger partial charge in [-0.25, -0.2) is 8.42 Å². The van der Waals surface area contributed by atoms with Crippen molar-refractivity contribution in [1.82, 2.24) is 9.21 Å². The number of halogens is 1. The third-order valence-electron chi connectivity index (χ3n) is 3.44. The second-order valence-electron chi connectivity index (χ2n) is 4.71. The molecule has 0 saturated carbocycles. The maximum atomic E-state index is 12.6. The number of nitrogens with zero attached hydrogens (tertiary/aromatic N) is 2. The van der Waals surface area contributed by atoms with Crippen LogP contribution in [-0.4, -0.2) is 56.8 Å². The maximum Gasteiger partial charge on any atom is 0.243 e. The summed E-state index contributed by atoms with van der Waals surface area (Å²) in [5.41, 5.74) is 0. The molecule has 0 spiro atoms. The Labute approximate surface area is 129 Å².